The number of nitrogens with zero attached hydrogens (tertiary/aromatic N) is 1. The van der Waals surface area contributed by atoms with E-state index in [-0.39, 0.29) is 11.0 Å². The predicted octanol–water partition coefficient (Wildman–Crippen LogP) is 1.70. The molecule has 5 heteroatoms. The number of ether oxygens (including phenoxy) is 1. The Morgan fingerprint density at radius 1 is 1.56 bits per heavy atom. The van der Waals surface area contributed by atoms with Gasteiger partial charge in [-0.15, -0.1) is 0 Å². The minimum absolute atomic E-state index is 0.0150. The number of oxime groups is 1. The summed E-state index contributed by atoms with van der Waals surface area (Å²) < 4.78 is 5.71. The standard InChI is InChI=1S/C13H27N3O2/c1-12(2,11(14)16-17)6-4-8-15-10-13(3)7-5-9-18-13/h15,17H,4-10H2,1-3H3,(H2,14,16). The van der Waals surface area contributed by atoms with Crippen molar-refractivity contribution in [3.63, 3.8) is 0 Å². The molecule has 1 fully saturated rings. The van der Waals surface area contributed by atoms with Gasteiger partial charge in [-0.3, -0.25) is 0 Å². The number of nitrogens with two attached hydrogens (primary N) is 1. The smallest absolute Gasteiger partial charge is 0.144 e. The molecular formula is C13H27N3O2. The van der Waals surface area contributed by atoms with Crippen LogP contribution in [0.15, 0.2) is 5.16 Å². The fourth-order valence-corrected chi connectivity index (χ4v) is 2.25. The summed E-state index contributed by atoms with van der Waals surface area (Å²) in [6, 6.07) is 0. The topological polar surface area (TPSA) is 79.9 Å². The summed E-state index contributed by atoms with van der Waals surface area (Å²) in [7, 11) is 0. The third-order valence-corrected chi connectivity index (χ3v) is 3.76. The third kappa shape index (κ3) is 4.46. The molecule has 0 aromatic carbocycles. The molecule has 0 amide bonds. The van der Waals surface area contributed by atoms with Crippen molar-refractivity contribution < 1.29 is 9.94 Å². The maximum absolute atomic E-state index is 8.68. The summed E-state index contributed by atoms with van der Waals surface area (Å²) >= 11 is 0. The predicted molar refractivity (Wildman–Crippen MR) is 72.9 cm³/mol. The molecule has 1 saturated heterocycles. The monoisotopic (exact) mass is 257 g/mol. The zero-order valence-electron chi connectivity index (χ0n) is 11.8. The lowest BCUT2D eigenvalue weighted by Crippen LogP contribution is -2.38. The van der Waals surface area contributed by atoms with Crippen molar-refractivity contribution in [3.05, 3.63) is 0 Å². The van der Waals surface area contributed by atoms with E-state index in [9.17, 15) is 0 Å². The molecule has 0 aliphatic carbocycles. The number of nitrogens with one attached hydrogen (secondary N) is 1. The van der Waals surface area contributed by atoms with Gasteiger partial charge in [0.25, 0.3) is 0 Å². The molecule has 1 rings (SSSR count). The highest BCUT2D eigenvalue weighted by atomic mass is 16.5. The molecule has 5 nitrogen and oxygen atoms in total. The molecule has 4 N–H and O–H groups in total. The van der Waals surface area contributed by atoms with E-state index in [4.69, 9.17) is 15.7 Å². The molecule has 0 spiro atoms. The molecule has 0 bridgehead atoms. The van der Waals surface area contributed by atoms with Crippen LogP contribution >= 0.6 is 0 Å². The molecule has 18 heavy (non-hydrogen) atoms. The van der Waals surface area contributed by atoms with Crippen LogP contribution in [-0.4, -0.2) is 36.3 Å². The first-order valence-electron chi connectivity index (χ1n) is 6.72. The molecule has 0 saturated carbocycles. The summed E-state index contributed by atoms with van der Waals surface area (Å²) in [6.45, 7) is 8.85. The van der Waals surface area contributed by atoms with E-state index in [0.29, 0.717) is 5.84 Å². The minimum Gasteiger partial charge on any atom is -0.409 e. The van der Waals surface area contributed by atoms with Gasteiger partial charge in [-0.1, -0.05) is 19.0 Å². The van der Waals surface area contributed by atoms with Crippen LogP contribution < -0.4 is 11.1 Å². The van der Waals surface area contributed by atoms with E-state index < -0.39 is 0 Å². The lowest BCUT2D eigenvalue weighted by molar-refractivity contribution is 0.0209. The zero-order valence-corrected chi connectivity index (χ0v) is 11.8. The van der Waals surface area contributed by atoms with Crippen LogP contribution in [0.2, 0.25) is 0 Å². The van der Waals surface area contributed by atoms with Crippen LogP contribution in [0.25, 0.3) is 0 Å². The Hall–Kier alpha value is -0.810. The highest BCUT2D eigenvalue weighted by Gasteiger charge is 2.29. The van der Waals surface area contributed by atoms with Crippen molar-refractivity contribution in [1.82, 2.24) is 5.32 Å². The number of hydrogen-bond donors (Lipinski definition) is 3. The maximum Gasteiger partial charge on any atom is 0.144 e. The van der Waals surface area contributed by atoms with Gasteiger partial charge in [0.05, 0.1) is 5.60 Å². The Kier molecular flexibility index (Phi) is 5.41. The van der Waals surface area contributed by atoms with E-state index in [1.807, 2.05) is 13.8 Å². The van der Waals surface area contributed by atoms with Crippen molar-refractivity contribution in [3.8, 4) is 0 Å². The van der Waals surface area contributed by atoms with Gasteiger partial charge in [0, 0.05) is 18.6 Å². The zero-order chi connectivity index (χ0) is 13.6. The lowest BCUT2D eigenvalue weighted by Gasteiger charge is -2.25. The Labute approximate surface area is 110 Å². The van der Waals surface area contributed by atoms with Gasteiger partial charge in [-0.2, -0.15) is 0 Å². The van der Waals surface area contributed by atoms with Gasteiger partial charge in [0.2, 0.25) is 0 Å². The van der Waals surface area contributed by atoms with E-state index in [1.54, 1.807) is 0 Å². The fourth-order valence-electron chi connectivity index (χ4n) is 2.25. The average molecular weight is 257 g/mol. The van der Waals surface area contributed by atoms with E-state index >= 15 is 0 Å². The van der Waals surface area contributed by atoms with Crippen LogP contribution in [0.1, 0.15) is 46.5 Å². The van der Waals surface area contributed by atoms with Gasteiger partial charge < -0.3 is 21.0 Å². The Balaban J connectivity index is 2.15. The molecule has 1 atom stereocenters. The second-order valence-corrected chi connectivity index (χ2v) is 6.05. The molecule has 106 valence electrons. The Bertz CT molecular complexity index is 284. The van der Waals surface area contributed by atoms with Gasteiger partial charge >= 0.3 is 0 Å². The molecule has 1 heterocycles. The van der Waals surface area contributed by atoms with E-state index in [0.717, 1.165) is 45.4 Å². The number of hydrogen-bond acceptors (Lipinski definition) is 4. The van der Waals surface area contributed by atoms with Crippen LogP contribution in [0.3, 0.4) is 0 Å². The SMILES string of the molecule is CC1(CNCCCC(C)(C)C(N)=NO)CCCO1. The second-order valence-electron chi connectivity index (χ2n) is 6.05. The highest BCUT2D eigenvalue weighted by molar-refractivity contribution is 5.85. The molecule has 1 aliphatic rings. The van der Waals surface area contributed by atoms with E-state index in [2.05, 4.69) is 17.4 Å². The van der Waals surface area contributed by atoms with Crippen molar-refractivity contribution in [1.29, 1.82) is 0 Å². The van der Waals surface area contributed by atoms with Gasteiger partial charge in [0.15, 0.2) is 0 Å². The van der Waals surface area contributed by atoms with Gasteiger partial charge in [-0.05, 0) is 39.2 Å². The van der Waals surface area contributed by atoms with Gasteiger partial charge in [-0.25, -0.2) is 0 Å². The minimum atomic E-state index is -0.246. The molecule has 0 aromatic rings. The van der Waals surface area contributed by atoms with Crippen LogP contribution in [0.5, 0.6) is 0 Å². The van der Waals surface area contributed by atoms with Crippen molar-refractivity contribution in [2.24, 2.45) is 16.3 Å². The second kappa shape index (κ2) is 6.38. The molecule has 1 unspecified atom stereocenters. The Morgan fingerprint density at radius 3 is 2.83 bits per heavy atom. The van der Waals surface area contributed by atoms with Crippen LogP contribution in [0, 0.1) is 5.41 Å². The van der Waals surface area contributed by atoms with E-state index in [1.165, 1.54) is 0 Å². The quantitative estimate of drug-likeness (QED) is 0.213. The maximum atomic E-state index is 8.68. The molecule has 0 aromatic heterocycles. The number of amidine groups is 1. The lowest BCUT2D eigenvalue weighted by atomic mass is 9.86. The summed E-state index contributed by atoms with van der Waals surface area (Å²) in [5.41, 5.74) is 5.41. The number of rotatable bonds is 7. The summed E-state index contributed by atoms with van der Waals surface area (Å²) in [5, 5.41) is 15.2. The highest BCUT2D eigenvalue weighted by Crippen LogP contribution is 2.24. The van der Waals surface area contributed by atoms with Crippen LogP contribution in [-0.2, 0) is 4.74 Å². The van der Waals surface area contributed by atoms with Crippen molar-refractivity contribution in [2.75, 3.05) is 19.7 Å². The summed E-state index contributed by atoms with van der Waals surface area (Å²) in [4.78, 5) is 0. The fraction of sp³-hybridized carbons (Fsp3) is 0.923. The molecular weight excluding hydrogens is 230 g/mol. The molecule has 0 radical (unpaired) electrons. The average Bonchev–Trinajstić information content (AvgIpc) is 2.74. The largest absolute Gasteiger partial charge is 0.409 e. The first kappa shape index (κ1) is 15.2. The Morgan fingerprint density at radius 2 is 2.28 bits per heavy atom. The van der Waals surface area contributed by atoms with Gasteiger partial charge in [0.1, 0.15) is 5.84 Å². The normalized spacial score (nSPS) is 25.6. The van der Waals surface area contributed by atoms with Crippen molar-refractivity contribution >= 4 is 5.84 Å². The first-order valence-corrected chi connectivity index (χ1v) is 6.72. The molecule has 1 aliphatic heterocycles. The third-order valence-electron chi connectivity index (χ3n) is 3.76. The van der Waals surface area contributed by atoms with Crippen molar-refractivity contribution in [2.45, 2.75) is 52.1 Å². The summed E-state index contributed by atoms with van der Waals surface area (Å²) in [5.74, 6) is 0.300. The summed E-state index contributed by atoms with van der Waals surface area (Å²) in [6.07, 6.45) is 4.19. The van der Waals surface area contributed by atoms with Crippen LogP contribution in [0.4, 0.5) is 0 Å². The first-order chi connectivity index (χ1) is 8.40.